The minimum absolute atomic E-state index is 0.0452. The van der Waals surface area contributed by atoms with Crippen molar-refractivity contribution >= 4 is 27.6 Å². The molecule has 2 fully saturated rings. The molecule has 0 aliphatic carbocycles. The highest BCUT2D eigenvalue weighted by Gasteiger charge is 2.59. The van der Waals surface area contributed by atoms with E-state index in [1.54, 1.807) is 6.92 Å². The summed E-state index contributed by atoms with van der Waals surface area (Å²) in [6.07, 6.45) is -1.01. The SMILES string of the molecule is C[C@H]1C[C@@]2(CCN1C(=O)O)C(=O)CS(=O)(=O)N2c1cccc(F)c1. The van der Waals surface area contributed by atoms with Crippen LogP contribution in [-0.4, -0.2) is 54.2 Å². The molecule has 130 valence electrons. The minimum Gasteiger partial charge on any atom is -0.465 e. The molecule has 2 aliphatic rings. The van der Waals surface area contributed by atoms with Crippen molar-refractivity contribution in [2.75, 3.05) is 16.6 Å². The molecular formula is C15H17FN2O5S. The monoisotopic (exact) mass is 356 g/mol. The number of carboxylic acid groups (broad SMARTS) is 1. The second-order valence-electron chi connectivity index (χ2n) is 6.23. The third-order valence-electron chi connectivity index (χ3n) is 4.72. The summed E-state index contributed by atoms with van der Waals surface area (Å²) < 4.78 is 39.6. The van der Waals surface area contributed by atoms with Gasteiger partial charge in [-0.15, -0.1) is 0 Å². The van der Waals surface area contributed by atoms with Crippen molar-refractivity contribution in [2.24, 2.45) is 0 Å². The Labute approximate surface area is 138 Å². The molecule has 2 aliphatic heterocycles. The average molecular weight is 356 g/mol. The molecule has 0 bridgehead atoms. The van der Waals surface area contributed by atoms with Crippen LogP contribution in [0, 0.1) is 5.82 Å². The lowest BCUT2D eigenvalue weighted by molar-refractivity contribution is -0.122. The lowest BCUT2D eigenvalue weighted by Gasteiger charge is -2.45. The zero-order chi connectivity index (χ0) is 17.7. The molecule has 2 atom stereocenters. The Morgan fingerprint density at radius 3 is 2.71 bits per heavy atom. The maximum absolute atomic E-state index is 13.6. The Morgan fingerprint density at radius 2 is 2.12 bits per heavy atom. The van der Waals surface area contributed by atoms with E-state index in [1.807, 2.05) is 0 Å². The van der Waals surface area contributed by atoms with E-state index in [9.17, 15) is 27.5 Å². The fourth-order valence-electron chi connectivity index (χ4n) is 3.70. The number of carbonyl (C=O) groups is 2. The van der Waals surface area contributed by atoms with Crippen molar-refractivity contribution in [1.29, 1.82) is 0 Å². The summed E-state index contributed by atoms with van der Waals surface area (Å²) in [6.45, 7) is 1.68. The quantitative estimate of drug-likeness (QED) is 0.822. The standard InChI is InChI=1S/C15H17FN2O5S/c1-10-8-15(5-6-17(10)14(20)21)13(19)9-24(22,23)18(15)12-4-2-3-11(16)7-12/h2-4,7,10H,5-6,8-9H2,1H3,(H,20,21)/t10-,15-/m0/s1. The van der Waals surface area contributed by atoms with Gasteiger partial charge in [0, 0.05) is 12.6 Å². The fraction of sp³-hybridized carbons (Fsp3) is 0.467. The first-order valence-electron chi connectivity index (χ1n) is 7.49. The number of Topliss-reactive ketones (excluding diaryl/α,β-unsaturated/α-hetero) is 1. The smallest absolute Gasteiger partial charge is 0.407 e. The number of piperidine rings is 1. The van der Waals surface area contributed by atoms with Crippen molar-refractivity contribution in [3.05, 3.63) is 30.1 Å². The Morgan fingerprint density at radius 1 is 1.42 bits per heavy atom. The predicted molar refractivity (Wildman–Crippen MR) is 83.8 cm³/mol. The van der Waals surface area contributed by atoms with Crippen LogP contribution in [0.5, 0.6) is 0 Å². The summed E-state index contributed by atoms with van der Waals surface area (Å²) in [5, 5.41) is 9.19. The zero-order valence-electron chi connectivity index (χ0n) is 13.0. The van der Waals surface area contributed by atoms with Gasteiger partial charge in [-0.25, -0.2) is 17.6 Å². The van der Waals surface area contributed by atoms with Gasteiger partial charge >= 0.3 is 6.09 Å². The van der Waals surface area contributed by atoms with Crippen LogP contribution >= 0.6 is 0 Å². The van der Waals surface area contributed by atoms with Crippen LogP contribution in [0.4, 0.5) is 14.9 Å². The molecule has 9 heteroatoms. The third kappa shape index (κ3) is 2.43. The van der Waals surface area contributed by atoms with Crippen LogP contribution in [0.3, 0.4) is 0 Å². The predicted octanol–water partition coefficient (Wildman–Crippen LogP) is 1.45. The number of benzene rings is 1. The van der Waals surface area contributed by atoms with Gasteiger partial charge in [-0.1, -0.05) is 6.07 Å². The minimum atomic E-state index is -3.92. The number of anilines is 1. The van der Waals surface area contributed by atoms with Crippen molar-refractivity contribution in [3.63, 3.8) is 0 Å². The van der Waals surface area contributed by atoms with E-state index in [0.717, 1.165) is 10.4 Å². The Bertz CT molecular complexity index is 812. The van der Waals surface area contributed by atoms with Gasteiger partial charge in [0.05, 0.1) is 5.69 Å². The van der Waals surface area contributed by atoms with Crippen LogP contribution in [0.25, 0.3) is 0 Å². The van der Waals surface area contributed by atoms with Gasteiger partial charge in [0.2, 0.25) is 10.0 Å². The molecule has 24 heavy (non-hydrogen) atoms. The summed E-state index contributed by atoms with van der Waals surface area (Å²) >= 11 is 0. The van der Waals surface area contributed by atoms with E-state index in [2.05, 4.69) is 0 Å². The number of likely N-dealkylation sites (tertiary alicyclic amines) is 1. The number of hydrogen-bond acceptors (Lipinski definition) is 4. The largest absolute Gasteiger partial charge is 0.465 e. The van der Waals surface area contributed by atoms with Crippen molar-refractivity contribution in [2.45, 2.75) is 31.3 Å². The molecule has 0 aromatic heterocycles. The van der Waals surface area contributed by atoms with E-state index in [1.165, 1.54) is 23.1 Å². The number of carbonyl (C=O) groups excluding carboxylic acids is 1. The van der Waals surface area contributed by atoms with E-state index in [-0.39, 0.29) is 25.1 Å². The third-order valence-corrected chi connectivity index (χ3v) is 6.46. The molecule has 0 unspecified atom stereocenters. The molecule has 1 spiro atoms. The zero-order valence-corrected chi connectivity index (χ0v) is 13.8. The summed E-state index contributed by atoms with van der Waals surface area (Å²) in [6, 6.07) is 4.56. The summed E-state index contributed by atoms with van der Waals surface area (Å²) in [7, 11) is -3.92. The molecule has 0 saturated carbocycles. The summed E-state index contributed by atoms with van der Waals surface area (Å²) in [4.78, 5) is 25.0. The van der Waals surface area contributed by atoms with Gasteiger partial charge in [-0.2, -0.15) is 0 Å². The number of sulfonamides is 1. The summed E-state index contributed by atoms with van der Waals surface area (Å²) in [5.41, 5.74) is -1.25. The molecule has 7 nitrogen and oxygen atoms in total. The molecule has 0 radical (unpaired) electrons. The first-order valence-corrected chi connectivity index (χ1v) is 9.10. The van der Waals surface area contributed by atoms with Gasteiger partial charge in [-0.05, 0) is 38.0 Å². The normalized spacial score (nSPS) is 29.2. The second kappa shape index (κ2) is 5.44. The summed E-state index contributed by atoms with van der Waals surface area (Å²) in [5.74, 6) is -1.72. The number of ketones is 1. The Balaban J connectivity index is 2.08. The van der Waals surface area contributed by atoms with Crippen LogP contribution in [0.1, 0.15) is 19.8 Å². The molecular weight excluding hydrogens is 339 g/mol. The van der Waals surface area contributed by atoms with Gasteiger partial charge in [0.15, 0.2) is 5.78 Å². The maximum atomic E-state index is 13.6. The topological polar surface area (TPSA) is 95.0 Å². The van der Waals surface area contributed by atoms with Gasteiger partial charge in [-0.3, -0.25) is 9.10 Å². The average Bonchev–Trinajstić information content (AvgIpc) is 2.64. The number of halogens is 1. The number of amides is 1. The number of nitrogens with zero attached hydrogens (tertiary/aromatic N) is 2. The molecule has 1 aromatic carbocycles. The van der Waals surface area contributed by atoms with Crippen molar-refractivity contribution in [3.8, 4) is 0 Å². The van der Waals surface area contributed by atoms with Crippen molar-refractivity contribution < 1.29 is 27.5 Å². The first-order chi connectivity index (χ1) is 11.2. The lowest BCUT2D eigenvalue weighted by Crippen LogP contribution is -2.60. The van der Waals surface area contributed by atoms with E-state index < -0.39 is 45.1 Å². The van der Waals surface area contributed by atoms with E-state index in [4.69, 9.17) is 0 Å². The Kier molecular flexibility index (Phi) is 3.78. The van der Waals surface area contributed by atoms with Gasteiger partial charge < -0.3 is 10.0 Å². The number of rotatable bonds is 1. The van der Waals surface area contributed by atoms with E-state index in [0.29, 0.717) is 0 Å². The van der Waals surface area contributed by atoms with Gasteiger partial charge in [0.25, 0.3) is 0 Å². The highest BCUT2D eigenvalue weighted by atomic mass is 32.2. The van der Waals surface area contributed by atoms with Crippen LogP contribution < -0.4 is 4.31 Å². The van der Waals surface area contributed by atoms with Crippen LogP contribution in [0.15, 0.2) is 24.3 Å². The maximum Gasteiger partial charge on any atom is 0.407 e. The molecule has 2 saturated heterocycles. The van der Waals surface area contributed by atoms with Crippen LogP contribution in [0.2, 0.25) is 0 Å². The van der Waals surface area contributed by atoms with Gasteiger partial charge in [0.1, 0.15) is 17.1 Å². The van der Waals surface area contributed by atoms with E-state index >= 15 is 0 Å². The second-order valence-corrected chi connectivity index (χ2v) is 8.05. The fourth-order valence-corrected chi connectivity index (χ4v) is 5.67. The molecule has 1 N–H and O–H groups in total. The number of hydrogen-bond donors (Lipinski definition) is 1. The Hall–Kier alpha value is -2.16. The highest BCUT2D eigenvalue weighted by molar-refractivity contribution is 7.94. The highest BCUT2D eigenvalue weighted by Crippen LogP contribution is 2.43. The molecule has 3 rings (SSSR count). The molecule has 1 amide bonds. The molecule has 2 heterocycles. The van der Waals surface area contributed by atoms with Crippen LogP contribution in [-0.2, 0) is 14.8 Å². The molecule has 1 aromatic rings. The van der Waals surface area contributed by atoms with Crippen molar-refractivity contribution in [1.82, 2.24) is 4.90 Å². The first kappa shape index (κ1) is 16.7. The lowest BCUT2D eigenvalue weighted by atomic mass is 9.80.